The van der Waals surface area contributed by atoms with Gasteiger partial charge in [-0.25, -0.2) is 5.43 Å². The van der Waals surface area contributed by atoms with Gasteiger partial charge in [0, 0.05) is 5.56 Å². The average Bonchev–Trinajstić information content (AvgIpc) is 2.62. The number of hydrogen-bond donors (Lipinski definition) is 1. The Morgan fingerprint density at radius 3 is 2.72 bits per heavy atom. The number of nitrogens with one attached hydrogen (secondary N) is 1. The molecule has 1 aliphatic heterocycles. The number of nitrogens with zero attached hydrogens (tertiary/aromatic N) is 2. The minimum Gasteiger partial charge on any atom is -0.482 e. The predicted octanol–water partition coefficient (Wildman–Crippen LogP) is 2.26. The van der Waals surface area contributed by atoms with Gasteiger partial charge in [-0.05, 0) is 31.5 Å². The number of carbonyl (C=O) groups excluding carboxylic acids is 2. The fourth-order valence-corrected chi connectivity index (χ4v) is 2.69. The van der Waals surface area contributed by atoms with Crippen molar-refractivity contribution in [2.75, 3.05) is 18.1 Å². The van der Waals surface area contributed by atoms with E-state index in [1.807, 2.05) is 44.2 Å². The summed E-state index contributed by atoms with van der Waals surface area (Å²) in [4.78, 5) is 25.7. The van der Waals surface area contributed by atoms with Crippen LogP contribution in [0.25, 0.3) is 0 Å². The normalized spacial score (nSPS) is 13.9. The number of fused-ring (bicyclic) bond motifs is 1. The second-order valence-electron chi connectivity index (χ2n) is 5.78. The molecule has 2 amide bonds. The lowest BCUT2D eigenvalue weighted by molar-refractivity contribution is -0.125. The molecule has 128 valence electrons. The SMILES string of the molecule is C/C(=N/NC(=O)CN1C(=O)COc2ccccc21)c1ccccc1C. The van der Waals surface area contributed by atoms with Crippen LogP contribution in [-0.2, 0) is 9.59 Å². The van der Waals surface area contributed by atoms with Crippen molar-refractivity contribution >= 4 is 23.2 Å². The molecule has 25 heavy (non-hydrogen) atoms. The zero-order chi connectivity index (χ0) is 17.8. The molecule has 3 rings (SSSR count). The Labute approximate surface area is 146 Å². The molecule has 2 aromatic carbocycles. The lowest BCUT2D eigenvalue weighted by Gasteiger charge is -2.28. The van der Waals surface area contributed by atoms with Crippen molar-refractivity contribution in [2.45, 2.75) is 13.8 Å². The topological polar surface area (TPSA) is 71.0 Å². The molecule has 0 atom stereocenters. The molecular formula is C19H19N3O3. The second-order valence-corrected chi connectivity index (χ2v) is 5.78. The van der Waals surface area contributed by atoms with Crippen LogP contribution in [0.1, 0.15) is 18.1 Å². The molecule has 0 aliphatic carbocycles. The number of carbonyl (C=O) groups is 2. The number of para-hydroxylation sites is 2. The van der Waals surface area contributed by atoms with E-state index in [0.29, 0.717) is 17.1 Å². The number of ether oxygens (including phenoxy) is 1. The van der Waals surface area contributed by atoms with Crippen LogP contribution < -0.4 is 15.1 Å². The van der Waals surface area contributed by atoms with Gasteiger partial charge in [0.05, 0.1) is 11.4 Å². The molecule has 1 aliphatic rings. The molecule has 6 heteroatoms. The molecule has 0 fully saturated rings. The summed E-state index contributed by atoms with van der Waals surface area (Å²) in [6.45, 7) is 3.64. The summed E-state index contributed by atoms with van der Waals surface area (Å²) in [6, 6.07) is 14.9. The number of aryl methyl sites for hydroxylation is 1. The highest BCUT2D eigenvalue weighted by atomic mass is 16.5. The van der Waals surface area contributed by atoms with Crippen LogP contribution in [-0.4, -0.2) is 30.7 Å². The summed E-state index contributed by atoms with van der Waals surface area (Å²) in [5, 5.41) is 4.15. The number of hydrazone groups is 1. The predicted molar refractivity (Wildman–Crippen MR) is 95.8 cm³/mol. The van der Waals surface area contributed by atoms with Gasteiger partial charge in [0.25, 0.3) is 11.8 Å². The molecule has 0 unspecified atom stereocenters. The second kappa shape index (κ2) is 7.17. The van der Waals surface area contributed by atoms with Crippen molar-refractivity contribution < 1.29 is 14.3 Å². The summed E-state index contributed by atoms with van der Waals surface area (Å²) in [5.41, 5.74) is 5.87. The first-order valence-corrected chi connectivity index (χ1v) is 7.97. The Balaban J connectivity index is 1.70. The first-order chi connectivity index (χ1) is 12.1. The highest BCUT2D eigenvalue weighted by Crippen LogP contribution is 2.31. The van der Waals surface area contributed by atoms with E-state index in [-0.39, 0.29) is 25.0 Å². The van der Waals surface area contributed by atoms with E-state index in [9.17, 15) is 9.59 Å². The molecule has 1 heterocycles. The quantitative estimate of drug-likeness (QED) is 0.687. The molecule has 1 N–H and O–H groups in total. The molecule has 0 radical (unpaired) electrons. The summed E-state index contributed by atoms with van der Waals surface area (Å²) >= 11 is 0. The van der Waals surface area contributed by atoms with E-state index < -0.39 is 0 Å². The maximum atomic E-state index is 12.2. The summed E-state index contributed by atoms with van der Waals surface area (Å²) in [7, 11) is 0. The number of anilines is 1. The zero-order valence-corrected chi connectivity index (χ0v) is 14.2. The van der Waals surface area contributed by atoms with E-state index in [4.69, 9.17) is 4.74 Å². The van der Waals surface area contributed by atoms with E-state index >= 15 is 0 Å². The van der Waals surface area contributed by atoms with Gasteiger partial charge < -0.3 is 4.74 Å². The monoisotopic (exact) mass is 337 g/mol. The van der Waals surface area contributed by atoms with Gasteiger partial charge >= 0.3 is 0 Å². The number of amides is 2. The third-order valence-corrected chi connectivity index (χ3v) is 3.99. The van der Waals surface area contributed by atoms with Gasteiger partial charge in [0.2, 0.25) is 0 Å². The van der Waals surface area contributed by atoms with Crippen LogP contribution in [0.2, 0.25) is 0 Å². The van der Waals surface area contributed by atoms with Gasteiger partial charge in [0.1, 0.15) is 12.3 Å². The van der Waals surface area contributed by atoms with E-state index in [1.54, 1.807) is 18.2 Å². The summed E-state index contributed by atoms with van der Waals surface area (Å²) < 4.78 is 5.37. The number of rotatable bonds is 4. The van der Waals surface area contributed by atoms with Crippen LogP contribution >= 0.6 is 0 Å². The van der Waals surface area contributed by atoms with Gasteiger partial charge in [-0.2, -0.15) is 5.10 Å². The minimum atomic E-state index is -0.363. The standard InChI is InChI=1S/C19H19N3O3/c1-13-7-3-4-8-15(13)14(2)20-21-18(23)11-22-16-9-5-6-10-17(16)25-12-19(22)24/h3-10H,11-12H2,1-2H3,(H,21,23)/b20-14-. The molecule has 0 spiro atoms. The highest BCUT2D eigenvalue weighted by Gasteiger charge is 2.26. The van der Waals surface area contributed by atoms with Crippen molar-refractivity contribution in [3.05, 3.63) is 59.7 Å². The van der Waals surface area contributed by atoms with E-state index in [2.05, 4.69) is 10.5 Å². The van der Waals surface area contributed by atoms with Crippen molar-refractivity contribution in [3.63, 3.8) is 0 Å². The summed E-state index contributed by atoms with van der Waals surface area (Å²) in [5.74, 6) is -0.0269. The Kier molecular flexibility index (Phi) is 4.79. The zero-order valence-electron chi connectivity index (χ0n) is 14.2. The van der Waals surface area contributed by atoms with Gasteiger partial charge in [-0.1, -0.05) is 36.4 Å². The van der Waals surface area contributed by atoms with Crippen LogP contribution in [0.5, 0.6) is 5.75 Å². The fraction of sp³-hybridized carbons (Fsp3) is 0.211. The Bertz CT molecular complexity index is 845. The maximum Gasteiger partial charge on any atom is 0.265 e. The van der Waals surface area contributed by atoms with Crippen molar-refractivity contribution in [3.8, 4) is 5.75 Å². The van der Waals surface area contributed by atoms with Crippen molar-refractivity contribution in [1.29, 1.82) is 0 Å². The molecule has 0 saturated carbocycles. The minimum absolute atomic E-state index is 0.0736. The molecule has 0 bridgehead atoms. The molecule has 0 aromatic heterocycles. The molecule has 2 aromatic rings. The first kappa shape index (κ1) is 16.7. The number of benzene rings is 2. The lowest BCUT2D eigenvalue weighted by atomic mass is 10.1. The maximum absolute atomic E-state index is 12.2. The van der Waals surface area contributed by atoms with Gasteiger partial charge in [-0.3, -0.25) is 14.5 Å². The Hall–Kier alpha value is -3.15. The van der Waals surface area contributed by atoms with E-state index in [0.717, 1.165) is 11.1 Å². The largest absolute Gasteiger partial charge is 0.482 e. The van der Waals surface area contributed by atoms with Crippen molar-refractivity contribution in [1.82, 2.24) is 5.43 Å². The van der Waals surface area contributed by atoms with Crippen molar-refractivity contribution in [2.24, 2.45) is 5.10 Å². The Morgan fingerprint density at radius 2 is 1.92 bits per heavy atom. The van der Waals surface area contributed by atoms with E-state index in [1.165, 1.54) is 4.90 Å². The first-order valence-electron chi connectivity index (χ1n) is 7.97. The summed E-state index contributed by atoms with van der Waals surface area (Å²) in [6.07, 6.45) is 0. The highest BCUT2D eigenvalue weighted by molar-refractivity contribution is 6.03. The third-order valence-electron chi connectivity index (χ3n) is 3.99. The molecule has 0 saturated heterocycles. The van der Waals surface area contributed by atoms with Gasteiger partial charge in [-0.15, -0.1) is 0 Å². The Morgan fingerprint density at radius 1 is 1.20 bits per heavy atom. The van der Waals surface area contributed by atoms with Crippen LogP contribution in [0, 0.1) is 6.92 Å². The fourth-order valence-electron chi connectivity index (χ4n) is 2.69. The average molecular weight is 337 g/mol. The smallest absolute Gasteiger partial charge is 0.265 e. The van der Waals surface area contributed by atoms with Crippen LogP contribution in [0.4, 0.5) is 5.69 Å². The van der Waals surface area contributed by atoms with Gasteiger partial charge in [0.15, 0.2) is 6.61 Å². The lowest BCUT2D eigenvalue weighted by Crippen LogP contribution is -2.44. The third kappa shape index (κ3) is 3.68. The van der Waals surface area contributed by atoms with Crippen LogP contribution in [0.15, 0.2) is 53.6 Å². The molecule has 6 nitrogen and oxygen atoms in total. The molecular weight excluding hydrogens is 318 g/mol. The van der Waals surface area contributed by atoms with Crippen LogP contribution in [0.3, 0.4) is 0 Å². The number of hydrogen-bond acceptors (Lipinski definition) is 4.